The molecule has 2 N–H and O–H groups in total. The van der Waals surface area contributed by atoms with E-state index >= 15 is 0 Å². The molecule has 0 bridgehead atoms. The third-order valence-electron chi connectivity index (χ3n) is 5.47. The predicted molar refractivity (Wildman–Crippen MR) is 155 cm³/mol. The molecular weight excluding hydrogens is 660 g/mol. The molecule has 0 atom stereocenters. The van der Waals surface area contributed by atoms with Crippen LogP contribution in [-0.4, -0.2) is 31.1 Å². The van der Waals surface area contributed by atoms with Crippen molar-refractivity contribution >= 4 is 63.3 Å². The molecule has 0 aliphatic carbocycles. The number of methoxy groups -OCH3 is 2. The summed E-state index contributed by atoms with van der Waals surface area (Å²) in [6, 6.07) is 22.6. The van der Waals surface area contributed by atoms with E-state index < -0.39 is 20.0 Å². The minimum atomic E-state index is -3.84. The zero-order chi connectivity index (χ0) is 27.5. The van der Waals surface area contributed by atoms with E-state index in [9.17, 15) is 16.8 Å². The molecule has 0 heterocycles. The molecule has 0 saturated carbocycles. The van der Waals surface area contributed by atoms with Crippen molar-refractivity contribution in [3.8, 4) is 22.6 Å². The number of benzene rings is 4. The molecule has 0 saturated heterocycles. The zero-order valence-corrected chi connectivity index (χ0v) is 24.9. The van der Waals surface area contributed by atoms with E-state index in [4.69, 9.17) is 9.47 Å². The third-order valence-corrected chi connectivity index (χ3v) is 9.29. The highest BCUT2D eigenvalue weighted by Gasteiger charge is 2.19. The first-order valence-corrected chi connectivity index (χ1v) is 15.5. The summed E-state index contributed by atoms with van der Waals surface area (Å²) in [5.41, 5.74) is 1.94. The summed E-state index contributed by atoms with van der Waals surface area (Å²) in [4.78, 5) is 0.218. The van der Waals surface area contributed by atoms with Crippen LogP contribution in [0.3, 0.4) is 0 Å². The molecule has 8 nitrogen and oxygen atoms in total. The SMILES string of the molecule is COc1cc(-c2ccc(NS(=O)(=O)c3ccc(Br)cc3)c(OC)c2)ccc1NS(=O)(=O)c1ccc(Br)cc1. The average molecular weight is 682 g/mol. The zero-order valence-electron chi connectivity index (χ0n) is 20.1. The van der Waals surface area contributed by atoms with Crippen LogP contribution < -0.4 is 18.9 Å². The highest BCUT2D eigenvalue weighted by molar-refractivity contribution is 9.10. The van der Waals surface area contributed by atoms with E-state index in [1.165, 1.54) is 38.5 Å². The van der Waals surface area contributed by atoms with Crippen LogP contribution in [0.4, 0.5) is 11.4 Å². The lowest BCUT2D eigenvalue weighted by atomic mass is 10.0. The van der Waals surface area contributed by atoms with Crippen LogP contribution in [0.5, 0.6) is 11.5 Å². The summed E-state index contributed by atoms with van der Waals surface area (Å²) in [6.45, 7) is 0. The number of rotatable bonds is 9. The fourth-order valence-corrected chi connectivity index (χ4v) is 6.21. The predicted octanol–water partition coefficient (Wildman–Crippen LogP) is 6.50. The lowest BCUT2D eigenvalue weighted by molar-refractivity contribution is 0.416. The Kier molecular flexibility index (Phi) is 8.36. The van der Waals surface area contributed by atoms with Gasteiger partial charge in [0.1, 0.15) is 11.5 Å². The Morgan fingerprint density at radius 2 is 0.895 bits per heavy atom. The van der Waals surface area contributed by atoms with Gasteiger partial charge in [0.05, 0.1) is 35.4 Å². The minimum absolute atomic E-state index is 0.109. The second-order valence-electron chi connectivity index (χ2n) is 7.95. The van der Waals surface area contributed by atoms with Crippen molar-refractivity contribution in [3.63, 3.8) is 0 Å². The van der Waals surface area contributed by atoms with Gasteiger partial charge in [-0.3, -0.25) is 9.44 Å². The van der Waals surface area contributed by atoms with Gasteiger partial charge in [0, 0.05) is 8.95 Å². The smallest absolute Gasteiger partial charge is 0.262 e. The first-order valence-electron chi connectivity index (χ1n) is 11.0. The molecule has 0 unspecified atom stereocenters. The Hall–Kier alpha value is -3.06. The highest BCUT2D eigenvalue weighted by atomic mass is 79.9. The molecule has 0 aliphatic rings. The van der Waals surface area contributed by atoms with Gasteiger partial charge in [-0.1, -0.05) is 44.0 Å². The molecule has 0 amide bonds. The molecular formula is C26H22Br2N2O6S2. The molecule has 0 radical (unpaired) electrons. The van der Waals surface area contributed by atoms with Crippen molar-refractivity contribution in [1.82, 2.24) is 0 Å². The standard InChI is InChI=1S/C26H22Br2N2O6S2/c1-35-25-15-17(3-13-23(25)29-37(31,32)21-9-5-19(27)6-10-21)18-4-14-24(26(16-18)36-2)30-38(33,34)22-11-7-20(28)8-12-22/h3-16,29-30H,1-2H3. The summed E-state index contributed by atoms with van der Waals surface area (Å²) in [7, 11) is -4.79. The van der Waals surface area contributed by atoms with Gasteiger partial charge in [-0.2, -0.15) is 0 Å². The molecule has 4 aromatic carbocycles. The molecule has 12 heteroatoms. The molecule has 0 aromatic heterocycles. The number of ether oxygens (including phenoxy) is 2. The minimum Gasteiger partial charge on any atom is -0.495 e. The monoisotopic (exact) mass is 680 g/mol. The maximum atomic E-state index is 12.8. The van der Waals surface area contributed by atoms with E-state index in [-0.39, 0.29) is 21.2 Å². The first kappa shape index (κ1) is 28.0. The van der Waals surface area contributed by atoms with Gasteiger partial charge < -0.3 is 9.47 Å². The van der Waals surface area contributed by atoms with Gasteiger partial charge in [-0.15, -0.1) is 0 Å². The van der Waals surface area contributed by atoms with Crippen molar-refractivity contribution in [2.24, 2.45) is 0 Å². The van der Waals surface area contributed by atoms with Crippen LogP contribution in [0.2, 0.25) is 0 Å². The Balaban J connectivity index is 1.61. The van der Waals surface area contributed by atoms with E-state index in [2.05, 4.69) is 41.3 Å². The van der Waals surface area contributed by atoms with Crippen LogP contribution >= 0.6 is 31.9 Å². The maximum Gasteiger partial charge on any atom is 0.262 e. The van der Waals surface area contributed by atoms with Crippen LogP contribution in [0.15, 0.2) is 104 Å². The first-order chi connectivity index (χ1) is 18.0. The molecule has 38 heavy (non-hydrogen) atoms. The Morgan fingerprint density at radius 3 is 1.21 bits per heavy atom. The van der Waals surface area contributed by atoms with E-state index in [0.717, 1.165) is 8.95 Å². The number of halogens is 2. The summed E-state index contributed by atoms with van der Waals surface area (Å²) < 4.78 is 68.9. The van der Waals surface area contributed by atoms with Crippen LogP contribution in [0.25, 0.3) is 11.1 Å². The van der Waals surface area contributed by atoms with Gasteiger partial charge in [-0.25, -0.2) is 16.8 Å². The van der Waals surface area contributed by atoms with Crippen molar-refractivity contribution in [2.45, 2.75) is 9.79 Å². The number of hydrogen-bond acceptors (Lipinski definition) is 6. The summed E-state index contributed by atoms with van der Waals surface area (Å²) in [6.07, 6.45) is 0. The molecule has 0 fully saturated rings. The Bertz CT molecular complexity index is 1550. The molecule has 0 spiro atoms. The molecule has 4 aromatic rings. The second-order valence-corrected chi connectivity index (χ2v) is 13.1. The van der Waals surface area contributed by atoms with Gasteiger partial charge >= 0.3 is 0 Å². The van der Waals surface area contributed by atoms with Crippen molar-refractivity contribution in [3.05, 3.63) is 93.9 Å². The molecule has 0 aliphatic heterocycles. The van der Waals surface area contributed by atoms with Crippen molar-refractivity contribution in [2.75, 3.05) is 23.7 Å². The summed E-state index contributed by atoms with van der Waals surface area (Å²) >= 11 is 6.59. The van der Waals surface area contributed by atoms with Gasteiger partial charge in [0.15, 0.2) is 0 Å². The van der Waals surface area contributed by atoms with Crippen molar-refractivity contribution in [1.29, 1.82) is 0 Å². The number of nitrogens with one attached hydrogen (secondary N) is 2. The second kappa shape index (κ2) is 11.4. The van der Waals surface area contributed by atoms with Crippen LogP contribution in [-0.2, 0) is 20.0 Å². The summed E-state index contributed by atoms with van der Waals surface area (Å²) in [5, 5.41) is 0. The van der Waals surface area contributed by atoms with E-state index in [0.29, 0.717) is 22.6 Å². The Labute approximate surface area is 238 Å². The van der Waals surface area contributed by atoms with Gasteiger partial charge in [-0.05, 0) is 83.9 Å². The largest absolute Gasteiger partial charge is 0.495 e. The van der Waals surface area contributed by atoms with Crippen LogP contribution in [0, 0.1) is 0 Å². The Morgan fingerprint density at radius 1 is 0.553 bits per heavy atom. The molecule has 198 valence electrons. The normalized spacial score (nSPS) is 11.6. The number of sulfonamides is 2. The van der Waals surface area contributed by atoms with E-state index in [1.807, 2.05) is 0 Å². The lowest BCUT2D eigenvalue weighted by Gasteiger charge is -2.15. The average Bonchev–Trinajstić information content (AvgIpc) is 2.89. The van der Waals surface area contributed by atoms with Gasteiger partial charge in [0.2, 0.25) is 0 Å². The maximum absolute atomic E-state index is 12.8. The lowest BCUT2D eigenvalue weighted by Crippen LogP contribution is -2.13. The van der Waals surface area contributed by atoms with Gasteiger partial charge in [0.25, 0.3) is 20.0 Å². The number of hydrogen-bond donors (Lipinski definition) is 2. The van der Waals surface area contributed by atoms with E-state index in [1.54, 1.807) is 60.7 Å². The quantitative estimate of drug-likeness (QED) is 0.209. The summed E-state index contributed by atoms with van der Waals surface area (Å²) in [5.74, 6) is 0.615. The third kappa shape index (κ3) is 6.32. The van der Waals surface area contributed by atoms with Crippen LogP contribution in [0.1, 0.15) is 0 Å². The number of anilines is 2. The highest BCUT2D eigenvalue weighted by Crippen LogP contribution is 2.36. The van der Waals surface area contributed by atoms with Crippen molar-refractivity contribution < 1.29 is 26.3 Å². The molecule has 4 rings (SSSR count). The fraction of sp³-hybridized carbons (Fsp3) is 0.0769. The topological polar surface area (TPSA) is 111 Å². The fourth-order valence-electron chi connectivity index (χ4n) is 3.55.